The van der Waals surface area contributed by atoms with Gasteiger partial charge in [-0.2, -0.15) is 0 Å². The van der Waals surface area contributed by atoms with Crippen molar-refractivity contribution in [1.82, 2.24) is 4.98 Å². The van der Waals surface area contributed by atoms with Crippen molar-refractivity contribution < 1.29 is 14.3 Å². The third kappa shape index (κ3) is 3.34. The molecule has 0 aliphatic heterocycles. The molecule has 0 amide bonds. The Morgan fingerprint density at radius 1 is 1.53 bits per heavy atom. The second-order valence-corrected chi connectivity index (χ2v) is 4.33. The van der Waals surface area contributed by atoms with Crippen LogP contribution in [0.4, 0.5) is 5.69 Å². The third-order valence-corrected chi connectivity index (χ3v) is 2.50. The van der Waals surface area contributed by atoms with E-state index >= 15 is 0 Å². The Hall–Kier alpha value is -1.78. The smallest absolute Gasteiger partial charge is 0.343 e. The van der Waals surface area contributed by atoms with E-state index in [0.717, 1.165) is 6.42 Å². The molecule has 0 bridgehead atoms. The molecule has 5 nitrogen and oxygen atoms in total. The van der Waals surface area contributed by atoms with Crippen molar-refractivity contribution in [3.63, 3.8) is 0 Å². The predicted molar refractivity (Wildman–Crippen MR) is 65.0 cm³/mol. The van der Waals surface area contributed by atoms with Crippen LogP contribution in [0.1, 0.15) is 37.6 Å². The van der Waals surface area contributed by atoms with Crippen LogP contribution in [0, 0.1) is 0 Å². The van der Waals surface area contributed by atoms with Crippen molar-refractivity contribution >= 4 is 11.7 Å². The van der Waals surface area contributed by atoms with Gasteiger partial charge in [0.1, 0.15) is 11.2 Å². The number of nitrogen functional groups attached to an aromatic ring is 1. The highest BCUT2D eigenvalue weighted by molar-refractivity contribution is 5.92. The molecule has 0 unspecified atom stereocenters. The molecule has 17 heavy (non-hydrogen) atoms. The quantitative estimate of drug-likeness (QED) is 0.812. The highest BCUT2D eigenvalue weighted by Gasteiger charge is 2.22. The van der Waals surface area contributed by atoms with Gasteiger partial charge in [-0.1, -0.05) is 6.92 Å². The normalized spacial score (nSPS) is 11.1. The van der Waals surface area contributed by atoms with Gasteiger partial charge in [0.25, 0.3) is 0 Å². The Morgan fingerprint density at radius 3 is 2.71 bits per heavy atom. The van der Waals surface area contributed by atoms with E-state index in [1.165, 1.54) is 19.4 Å². The highest BCUT2D eigenvalue weighted by Crippen LogP contribution is 2.24. The maximum absolute atomic E-state index is 11.6. The number of aromatic nitrogens is 1. The first-order valence-electron chi connectivity index (χ1n) is 5.42. The average molecular weight is 238 g/mol. The van der Waals surface area contributed by atoms with Crippen LogP contribution in [-0.2, 0) is 4.74 Å². The zero-order valence-corrected chi connectivity index (χ0v) is 10.6. The van der Waals surface area contributed by atoms with Crippen molar-refractivity contribution in [1.29, 1.82) is 0 Å². The van der Waals surface area contributed by atoms with E-state index < -0.39 is 11.6 Å². The number of hydrogen-bond acceptors (Lipinski definition) is 5. The summed E-state index contributed by atoms with van der Waals surface area (Å²) < 4.78 is 10.4. The van der Waals surface area contributed by atoms with E-state index in [1.807, 2.05) is 20.8 Å². The molecule has 1 rings (SSSR count). The minimum atomic E-state index is -0.508. The van der Waals surface area contributed by atoms with Crippen LogP contribution >= 0.6 is 0 Å². The average Bonchev–Trinajstić information content (AvgIpc) is 2.30. The summed E-state index contributed by atoms with van der Waals surface area (Å²) in [5.41, 5.74) is 5.83. The van der Waals surface area contributed by atoms with Gasteiger partial charge in [0.2, 0.25) is 5.88 Å². The van der Waals surface area contributed by atoms with Gasteiger partial charge in [-0.3, -0.25) is 0 Å². The summed E-state index contributed by atoms with van der Waals surface area (Å²) in [6.07, 6.45) is 2.24. The fourth-order valence-electron chi connectivity index (χ4n) is 1.14. The van der Waals surface area contributed by atoms with Gasteiger partial charge in [-0.05, 0) is 26.3 Å². The number of nitrogens with zero attached hydrogens (tertiary/aromatic N) is 1. The van der Waals surface area contributed by atoms with E-state index in [1.54, 1.807) is 0 Å². The summed E-state index contributed by atoms with van der Waals surface area (Å²) in [4.78, 5) is 15.6. The van der Waals surface area contributed by atoms with Gasteiger partial charge in [-0.25, -0.2) is 9.78 Å². The van der Waals surface area contributed by atoms with E-state index in [-0.39, 0.29) is 11.4 Å². The number of ether oxygens (including phenoxy) is 2. The topological polar surface area (TPSA) is 74.4 Å². The molecule has 0 atom stereocenters. The van der Waals surface area contributed by atoms with Crippen molar-refractivity contribution in [3.8, 4) is 5.88 Å². The lowest BCUT2D eigenvalue weighted by Gasteiger charge is -2.25. The summed E-state index contributed by atoms with van der Waals surface area (Å²) in [7, 11) is 1.31. The molecule has 94 valence electrons. The molecule has 0 radical (unpaired) electrons. The van der Waals surface area contributed by atoms with Gasteiger partial charge in [0.05, 0.1) is 19.0 Å². The van der Waals surface area contributed by atoms with Gasteiger partial charge >= 0.3 is 5.97 Å². The molecule has 0 aromatic carbocycles. The van der Waals surface area contributed by atoms with E-state index in [9.17, 15) is 4.79 Å². The van der Waals surface area contributed by atoms with Crippen LogP contribution in [0.15, 0.2) is 12.3 Å². The first-order chi connectivity index (χ1) is 7.89. The third-order valence-electron chi connectivity index (χ3n) is 2.50. The summed E-state index contributed by atoms with van der Waals surface area (Å²) in [6, 6.07) is 1.50. The molecule has 0 fully saturated rings. The van der Waals surface area contributed by atoms with Gasteiger partial charge in [0.15, 0.2) is 0 Å². The monoisotopic (exact) mass is 238 g/mol. The van der Waals surface area contributed by atoms with Gasteiger partial charge < -0.3 is 15.2 Å². The molecule has 0 saturated carbocycles. The lowest BCUT2D eigenvalue weighted by Crippen LogP contribution is -2.28. The maximum Gasteiger partial charge on any atom is 0.343 e. The molecule has 0 aliphatic carbocycles. The number of rotatable bonds is 4. The molecule has 1 aromatic rings. The number of anilines is 1. The number of carbonyl (C=O) groups is 1. The number of nitrogens with two attached hydrogens (primary N) is 1. The van der Waals surface area contributed by atoms with Crippen LogP contribution in [0.2, 0.25) is 0 Å². The number of esters is 1. The molecular weight excluding hydrogens is 220 g/mol. The Bertz CT molecular complexity index is 416. The van der Waals surface area contributed by atoms with Crippen molar-refractivity contribution in [2.75, 3.05) is 12.8 Å². The molecule has 1 heterocycles. The second-order valence-electron chi connectivity index (χ2n) is 4.33. The largest absolute Gasteiger partial charge is 0.471 e. The molecule has 2 N–H and O–H groups in total. The number of carbonyl (C=O) groups excluding carboxylic acids is 1. The molecular formula is C12H18N2O3. The Labute approximate surface area is 101 Å². The number of pyridine rings is 1. The zero-order valence-electron chi connectivity index (χ0n) is 10.6. The minimum Gasteiger partial charge on any atom is -0.471 e. The van der Waals surface area contributed by atoms with E-state index in [0.29, 0.717) is 5.69 Å². The van der Waals surface area contributed by atoms with Gasteiger partial charge in [0, 0.05) is 0 Å². The first kappa shape index (κ1) is 13.3. The zero-order chi connectivity index (χ0) is 13.1. The number of methoxy groups -OCH3 is 1. The molecule has 5 heteroatoms. The SMILES string of the molecule is CCC(C)(C)Oc1ncc(N)cc1C(=O)OC. The maximum atomic E-state index is 11.6. The van der Waals surface area contributed by atoms with E-state index in [4.69, 9.17) is 10.5 Å². The number of hydrogen-bond donors (Lipinski definition) is 1. The molecule has 1 aromatic heterocycles. The molecule has 0 spiro atoms. The van der Waals surface area contributed by atoms with Crippen LogP contribution in [0.25, 0.3) is 0 Å². The summed E-state index contributed by atoms with van der Waals surface area (Å²) in [5, 5.41) is 0. The lowest BCUT2D eigenvalue weighted by molar-refractivity contribution is 0.0574. The standard InChI is InChI=1S/C12H18N2O3/c1-5-12(2,3)17-10-9(11(15)16-4)6-8(13)7-14-10/h6-7H,5,13H2,1-4H3. The van der Waals surface area contributed by atoms with Gasteiger partial charge in [-0.15, -0.1) is 0 Å². The minimum absolute atomic E-state index is 0.244. The van der Waals surface area contributed by atoms with Crippen LogP contribution in [-0.4, -0.2) is 23.7 Å². The summed E-state index contributed by atoms with van der Waals surface area (Å²) in [5.74, 6) is -0.260. The first-order valence-corrected chi connectivity index (χ1v) is 5.42. The van der Waals surface area contributed by atoms with Crippen molar-refractivity contribution in [2.24, 2.45) is 0 Å². The van der Waals surface area contributed by atoms with Crippen LogP contribution in [0.5, 0.6) is 5.88 Å². The molecule has 0 aliphatic rings. The predicted octanol–water partition coefficient (Wildman–Crippen LogP) is 2.02. The lowest BCUT2D eigenvalue weighted by atomic mass is 10.1. The fourth-order valence-corrected chi connectivity index (χ4v) is 1.14. The molecule has 0 saturated heterocycles. The Kier molecular flexibility index (Phi) is 3.93. The van der Waals surface area contributed by atoms with Crippen LogP contribution in [0.3, 0.4) is 0 Å². The van der Waals surface area contributed by atoms with Crippen LogP contribution < -0.4 is 10.5 Å². The van der Waals surface area contributed by atoms with Crippen molar-refractivity contribution in [3.05, 3.63) is 17.8 Å². The summed E-state index contributed by atoms with van der Waals surface area (Å²) in [6.45, 7) is 5.84. The van der Waals surface area contributed by atoms with Crippen molar-refractivity contribution in [2.45, 2.75) is 32.8 Å². The summed E-state index contributed by atoms with van der Waals surface area (Å²) >= 11 is 0. The highest BCUT2D eigenvalue weighted by atomic mass is 16.5. The Morgan fingerprint density at radius 2 is 2.18 bits per heavy atom. The second kappa shape index (κ2) is 5.03. The Balaban J connectivity index is 3.11. The van der Waals surface area contributed by atoms with E-state index in [2.05, 4.69) is 9.72 Å². The fraction of sp³-hybridized carbons (Fsp3) is 0.500.